The Kier molecular flexibility index (Phi) is 5.81. The van der Waals surface area contributed by atoms with Crippen LogP contribution < -0.4 is 16.0 Å². The summed E-state index contributed by atoms with van der Waals surface area (Å²) >= 11 is 0. The summed E-state index contributed by atoms with van der Waals surface area (Å²) < 4.78 is 13.5. The van der Waals surface area contributed by atoms with Gasteiger partial charge in [0, 0.05) is 18.7 Å². The van der Waals surface area contributed by atoms with Crippen molar-refractivity contribution in [3.63, 3.8) is 0 Å². The van der Waals surface area contributed by atoms with Crippen LogP contribution in [0.2, 0.25) is 0 Å². The minimum Gasteiger partial charge on any atom is -0.334 e. The number of carbonyl (C=O) groups excluding carboxylic acids is 3. The van der Waals surface area contributed by atoms with E-state index in [1.54, 1.807) is 44.2 Å². The quantitative estimate of drug-likeness (QED) is 0.654. The summed E-state index contributed by atoms with van der Waals surface area (Å²) in [6.07, 6.45) is 0. The summed E-state index contributed by atoms with van der Waals surface area (Å²) in [7, 11) is 0. The van der Waals surface area contributed by atoms with Crippen molar-refractivity contribution in [3.05, 3.63) is 71.0 Å². The van der Waals surface area contributed by atoms with Gasteiger partial charge in [0.05, 0.1) is 6.54 Å². The van der Waals surface area contributed by atoms with Gasteiger partial charge in [-0.15, -0.1) is 0 Å². The van der Waals surface area contributed by atoms with Crippen molar-refractivity contribution in [1.82, 2.24) is 20.9 Å². The number of nitrogens with one attached hydrogen (secondary N) is 3. The molecule has 0 unspecified atom stereocenters. The Morgan fingerprint density at radius 2 is 1.62 bits per heavy atom. The molecule has 0 saturated carbocycles. The van der Waals surface area contributed by atoms with Crippen molar-refractivity contribution < 1.29 is 18.8 Å². The number of rotatable bonds is 6. The molecule has 29 heavy (non-hydrogen) atoms. The first-order valence-electron chi connectivity index (χ1n) is 9.23. The van der Waals surface area contributed by atoms with E-state index in [0.29, 0.717) is 12.1 Å². The van der Waals surface area contributed by atoms with E-state index in [4.69, 9.17) is 0 Å². The summed E-state index contributed by atoms with van der Waals surface area (Å²) in [4.78, 5) is 37.3. The first-order chi connectivity index (χ1) is 13.8. The molecular formula is C21H23FN4O3. The van der Waals surface area contributed by atoms with E-state index in [2.05, 4.69) is 16.0 Å². The van der Waals surface area contributed by atoms with E-state index in [9.17, 15) is 18.8 Å². The van der Waals surface area contributed by atoms with Gasteiger partial charge in [-0.05, 0) is 31.0 Å². The van der Waals surface area contributed by atoms with E-state index >= 15 is 0 Å². The van der Waals surface area contributed by atoms with E-state index in [-0.39, 0.29) is 24.8 Å². The van der Waals surface area contributed by atoms with E-state index in [1.807, 2.05) is 12.1 Å². The number of carbonyl (C=O) groups is 3. The van der Waals surface area contributed by atoms with Crippen LogP contribution in [-0.4, -0.2) is 28.4 Å². The van der Waals surface area contributed by atoms with Gasteiger partial charge in [-0.2, -0.15) is 0 Å². The highest BCUT2D eigenvalue weighted by Crippen LogP contribution is 2.19. The van der Waals surface area contributed by atoms with Crippen LogP contribution in [0.25, 0.3) is 0 Å². The second-order valence-electron chi connectivity index (χ2n) is 7.39. The Bertz CT molecular complexity index is 928. The number of imide groups is 1. The van der Waals surface area contributed by atoms with E-state index < -0.39 is 17.6 Å². The van der Waals surface area contributed by atoms with Gasteiger partial charge in [-0.3, -0.25) is 9.69 Å². The van der Waals surface area contributed by atoms with Crippen LogP contribution in [0.4, 0.5) is 14.0 Å². The number of amides is 5. The molecule has 1 heterocycles. The van der Waals surface area contributed by atoms with Gasteiger partial charge < -0.3 is 16.0 Å². The molecule has 1 aliphatic rings. The lowest BCUT2D eigenvalue weighted by atomic mass is 10.1. The smallest absolute Gasteiger partial charge is 0.325 e. The fraction of sp³-hybridized carbons (Fsp3) is 0.286. The largest absolute Gasteiger partial charge is 0.334 e. The second-order valence-corrected chi connectivity index (χ2v) is 7.39. The number of hydrogen-bond donors (Lipinski definition) is 3. The topological polar surface area (TPSA) is 90.5 Å². The molecule has 1 saturated heterocycles. The first-order valence-corrected chi connectivity index (χ1v) is 9.23. The second kappa shape index (κ2) is 8.30. The van der Waals surface area contributed by atoms with Crippen molar-refractivity contribution in [3.8, 4) is 0 Å². The lowest BCUT2D eigenvalue weighted by Crippen LogP contribution is -2.40. The summed E-state index contributed by atoms with van der Waals surface area (Å²) in [5, 5.41) is 7.96. The predicted octanol–water partition coefficient (Wildman–Crippen LogP) is 2.66. The number of urea groups is 2. The third-order valence-corrected chi connectivity index (χ3v) is 4.66. The van der Waals surface area contributed by atoms with Gasteiger partial charge >= 0.3 is 12.1 Å². The zero-order valence-corrected chi connectivity index (χ0v) is 16.3. The molecule has 0 bridgehead atoms. The van der Waals surface area contributed by atoms with Crippen molar-refractivity contribution in [1.29, 1.82) is 0 Å². The van der Waals surface area contributed by atoms with Gasteiger partial charge in [0.2, 0.25) is 0 Å². The van der Waals surface area contributed by atoms with Crippen LogP contribution in [0, 0.1) is 5.82 Å². The average Bonchev–Trinajstić information content (AvgIpc) is 2.88. The molecule has 0 aromatic heterocycles. The van der Waals surface area contributed by atoms with Crippen LogP contribution in [0.15, 0.2) is 48.5 Å². The Morgan fingerprint density at radius 1 is 1.00 bits per heavy atom. The molecule has 2 aromatic carbocycles. The van der Waals surface area contributed by atoms with Gasteiger partial charge in [-0.1, -0.05) is 42.5 Å². The van der Waals surface area contributed by atoms with Crippen LogP contribution in [0.5, 0.6) is 0 Å². The molecule has 5 amide bonds. The summed E-state index contributed by atoms with van der Waals surface area (Å²) in [5.41, 5.74) is 1.18. The SMILES string of the molecule is CC1(C)NC(=O)N(Cc2ccc(CNC(=O)NCc3ccccc3F)cc2)C1=O. The molecule has 0 spiro atoms. The monoisotopic (exact) mass is 398 g/mol. The summed E-state index contributed by atoms with van der Waals surface area (Å²) in [6, 6.07) is 12.7. The fourth-order valence-electron chi connectivity index (χ4n) is 2.97. The van der Waals surface area contributed by atoms with Gasteiger partial charge in [0.1, 0.15) is 11.4 Å². The molecule has 152 valence electrons. The highest BCUT2D eigenvalue weighted by Gasteiger charge is 2.43. The third kappa shape index (κ3) is 4.90. The minimum absolute atomic E-state index is 0.0969. The average molecular weight is 398 g/mol. The molecule has 1 aliphatic heterocycles. The normalized spacial score (nSPS) is 15.2. The number of hydrogen-bond acceptors (Lipinski definition) is 3. The van der Waals surface area contributed by atoms with Crippen molar-refractivity contribution in [2.75, 3.05) is 0 Å². The summed E-state index contributed by atoms with van der Waals surface area (Å²) in [5.74, 6) is -0.628. The zero-order valence-electron chi connectivity index (χ0n) is 16.3. The molecular weight excluding hydrogens is 375 g/mol. The molecule has 0 atom stereocenters. The molecule has 3 rings (SSSR count). The lowest BCUT2D eigenvalue weighted by molar-refractivity contribution is -0.130. The van der Waals surface area contributed by atoms with Crippen LogP contribution in [0.3, 0.4) is 0 Å². The molecule has 3 N–H and O–H groups in total. The highest BCUT2D eigenvalue weighted by atomic mass is 19.1. The van der Waals surface area contributed by atoms with Crippen LogP contribution >= 0.6 is 0 Å². The van der Waals surface area contributed by atoms with Crippen molar-refractivity contribution in [2.45, 2.75) is 39.0 Å². The molecule has 2 aromatic rings. The molecule has 0 radical (unpaired) electrons. The van der Waals surface area contributed by atoms with E-state index in [1.165, 1.54) is 11.0 Å². The standard InChI is InChI=1S/C21H23FN4O3/c1-21(2)18(27)26(20(29)25-21)13-15-9-7-14(8-10-15)11-23-19(28)24-12-16-5-3-4-6-17(16)22/h3-10H,11-13H2,1-2H3,(H,25,29)(H2,23,24,28). The molecule has 0 aliphatic carbocycles. The Balaban J connectivity index is 1.48. The maximum Gasteiger partial charge on any atom is 0.325 e. The van der Waals surface area contributed by atoms with Crippen molar-refractivity contribution in [2.24, 2.45) is 0 Å². The Morgan fingerprint density at radius 3 is 2.24 bits per heavy atom. The Hall–Kier alpha value is -3.42. The minimum atomic E-state index is -0.892. The maximum atomic E-state index is 13.5. The van der Waals surface area contributed by atoms with Gasteiger partial charge in [0.25, 0.3) is 5.91 Å². The first kappa shape index (κ1) is 20.3. The van der Waals surface area contributed by atoms with E-state index in [0.717, 1.165) is 11.1 Å². The Labute approximate surface area is 168 Å². The third-order valence-electron chi connectivity index (χ3n) is 4.66. The molecule has 1 fully saturated rings. The molecule has 8 heteroatoms. The lowest BCUT2D eigenvalue weighted by Gasteiger charge is -2.16. The highest BCUT2D eigenvalue weighted by molar-refractivity contribution is 6.06. The van der Waals surface area contributed by atoms with Crippen LogP contribution in [-0.2, 0) is 24.4 Å². The van der Waals surface area contributed by atoms with Gasteiger partial charge in [-0.25, -0.2) is 14.0 Å². The number of nitrogens with zero attached hydrogens (tertiary/aromatic N) is 1. The zero-order chi connectivity index (χ0) is 21.0. The van der Waals surface area contributed by atoms with Gasteiger partial charge in [0.15, 0.2) is 0 Å². The summed E-state index contributed by atoms with van der Waals surface area (Å²) in [6.45, 7) is 3.91. The number of halogens is 1. The predicted molar refractivity (Wildman–Crippen MR) is 105 cm³/mol. The number of benzene rings is 2. The molecule has 7 nitrogen and oxygen atoms in total. The fourth-order valence-corrected chi connectivity index (χ4v) is 2.97. The maximum absolute atomic E-state index is 13.5. The van der Waals surface area contributed by atoms with Crippen LogP contribution in [0.1, 0.15) is 30.5 Å². The van der Waals surface area contributed by atoms with Crippen molar-refractivity contribution >= 4 is 18.0 Å².